The smallest absolute Gasteiger partial charge is 0.335 e. The summed E-state index contributed by atoms with van der Waals surface area (Å²) in [5.74, 6) is -1.000. The molecule has 20 heavy (non-hydrogen) atoms. The van der Waals surface area contributed by atoms with E-state index in [2.05, 4.69) is 5.32 Å². The first-order valence-electron chi connectivity index (χ1n) is 6.11. The van der Waals surface area contributed by atoms with Gasteiger partial charge in [-0.2, -0.15) is 5.26 Å². The van der Waals surface area contributed by atoms with Gasteiger partial charge in [0, 0.05) is 18.8 Å². The van der Waals surface area contributed by atoms with E-state index >= 15 is 0 Å². The van der Waals surface area contributed by atoms with Crippen LogP contribution >= 0.6 is 0 Å². The summed E-state index contributed by atoms with van der Waals surface area (Å²) in [7, 11) is 1.61. The van der Waals surface area contributed by atoms with Gasteiger partial charge in [-0.1, -0.05) is 0 Å². The van der Waals surface area contributed by atoms with Crippen LogP contribution in [0.3, 0.4) is 0 Å². The summed E-state index contributed by atoms with van der Waals surface area (Å²) in [5, 5.41) is 20.2. The first-order valence-corrected chi connectivity index (χ1v) is 6.11. The maximum Gasteiger partial charge on any atom is 0.335 e. The maximum atomic E-state index is 11.9. The van der Waals surface area contributed by atoms with Crippen molar-refractivity contribution in [3.8, 4) is 6.07 Å². The summed E-state index contributed by atoms with van der Waals surface area (Å²) in [6.45, 7) is 3.45. The molecule has 0 aliphatic rings. The summed E-state index contributed by atoms with van der Waals surface area (Å²) >= 11 is 0. The molecule has 0 fully saturated rings. The van der Waals surface area contributed by atoms with E-state index in [1.807, 2.05) is 6.07 Å². The Morgan fingerprint density at radius 2 is 2.15 bits per heavy atom. The zero-order valence-electron chi connectivity index (χ0n) is 11.7. The molecular weight excluding hydrogens is 258 g/mol. The van der Waals surface area contributed by atoms with Crippen molar-refractivity contribution in [2.75, 3.05) is 12.4 Å². The minimum Gasteiger partial charge on any atom is -0.478 e. The third-order valence-electron chi connectivity index (χ3n) is 3.08. The number of carbonyl (C=O) groups excluding carboxylic acids is 1. The maximum absolute atomic E-state index is 11.9. The number of aromatic carboxylic acids is 1. The van der Waals surface area contributed by atoms with Gasteiger partial charge in [-0.3, -0.25) is 0 Å². The van der Waals surface area contributed by atoms with Gasteiger partial charge in [-0.05, 0) is 37.6 Å². The lowest BCUT2D eigenvalue weighted by molar-refractivity contribution is 0.0696. The molecule has 1 atom stereocenters. The fourth-order valence-corrected chi connectivity index (χ4v) is 1.66. The number of urea groups is 1. The number of aryl methyl sites for hydroxylation is 1. The van der Waals surface area contributed by atoms with Gasteiger partial charge in [0.1, 0.15) is 0 Å². The van der Waals surface area contributed by atoms with Crippen LogP contribution in [-0.4, -0.2) is 35.1 Å². The van der Waals surface area contributed by atoms with Crippen molar-refractivity contribution in [2.24, 2.45) is 0 Å². The lowest BCUT2D eigenvalue weighted by Gasteiger charge is -2.23. The van der Waals surface area contributed by atoms with Gasteiger partial charge < -0.3 is 15.3 Å². The Bertz CT molecular complexity index is 563. The van der Waals surface area contributed by atoms with Crippen molar-refractivity contribution >= 4 is 17.7 Å². The van der Waals surface area contributed by atoms with Crippen LogP contribution in [0, 0.1) is 18.3 Å². The van der Waals surface area contributed by atoms with E-state index in [0.29, 0.717) is 11.3 Å². The lowest BCUT2D eigenvalue weighted by atomic mass is 10.1. The molecule has 1 rings (SSSR count). The normalized spacial score (nSPS) is 11.3. The third kappa shape index (κ3) is 3.72. The lowest BCUT2D eigenvalue weighted by Crippen LogP contribution is -2.38. The quantitative estimate of drug-likeness (QED) is 0.882. The minimum absolute atomic E-state index is 0.195. The molecule has 0 saturated heterocycles. The molecule has 0 saturated carbocycles. The van der Waals surface area contributed by atoms with E-state index in [9.17, 15) is 9.59 Å². The highest BCUT2D eigenvalue weighted by molar-refractivity contribution is 5.92. The SMILES string of the molecule is Cc1cc(NC(=O)N(C)C(C)CC#N)ccc1C(=O)O. The first kappa shape index (κ1) is 15.5. The number of hydrogen-bond donors (Lipinski definition) is 2. The molecular formula is C14H17N3O3. The summed E-state index contributed by atoms with van der Waals surface area (Å²) in [6, 6.07) is 6.07. The van der Waals surface area contributed by atoms with Gasteiger partial charge in [-0.15, -0.1) is 0 Å². The van der Waals surface area contributed by atoms with Crippen LogP contribution < -0.4 is 5.32 Å². The number of nitrogens with zero attached hydrogens (tertiary/aromatic N) is 2. The standard InChI is InChI=1S/C14H17N3O3/c1-9-8-11(4-5-12(9)13(18)19)16-14(20)17(3)10(2)6-7-15/h4-5,8,10H,6H2,1-3H3,(H,16,20)(H,18,19). The molecule has 1 aromatic carbocycles. The molecule has 2 amide bonds. The fourth-order valence-electron chi connectivity index (χ4n) is 1.66. The molecule has 6 nitrogen and oxygen atoms in total. The zero-order valence-corrected chi connectivity index (χ0v) is 11.7. The number of nitriles is 1. The summed E-state index contributed by atoms with van der Waals surface area (Å²) in [6.07, 6.45) is 0.251. The number of carbonyl (C=O) groups is 2. The second-order valence-corrected chi connectivity index (χ2v) is 4.59. The second-order valence-electron chi connectivity index (χ2n) is 4.59. The van der Waals surface area contributed by atoms with Crippen LogP contribution in [-0.2, 0) is 0 Å². The van der Waals surface area contributed by atoms with E-state index < -0.39 is 5.97 Å². The number of benzene rings is 1. The predicted molar refractivity (Wildman–Crippen MR) is 74.6 cm³/mol. The van der Waals surface area contributed by atoms with Crippen molar-refractivity contribution in [2.45, 2.75) is 26.3 Å². The Labute approximate surface area is 117 Å². The van der Waals surface area contributed by atoms with Crippen LogP contribution in [0.4, 0.5) is 10.5 Å². The number of nitrogens with one attached hydrogen (secondary N) is 1. The number of carboxylic acid groups (broad SMARTS) is 1. The summed E-state index contributed by atoms with van der Waals surface area (Å²) < 4.78 is 0. The van der Waals surface area contributed by atoms with Gasteiger partial charge in [0.25, 0.3) is 0 Å². The van der Waals surface area contributed by atoms with Crippen LogP contribution in [0.25, 0.3) is 0 Å². The average molecular weight is 275 g/mol. The Morgan fingerprint density at radius 3 is 2.65 bits per heavy atom. The molecule has 0 aliphatic heterocycles. The average Bonchev–Trinajstić information content (AvgIpc) is 2.37. The van der Waals surface area contributed by atoms with Crippen LogP contribution in [0.15, 0.2) is 18.2 Å². The zero-order chi connectivity index (χ0) is 15.3. The molecule has 0 aliphatic carbocycles. The van der Waals surface area contributed by atoms with Crippen LogP contribution in [0.5, 0.6) is 0 Å². The molecule has 0 heterocycles. The number of rotatable bonds is 4. The highest BCUT2D eigenvalue weighted by Gasteiger charge is 2.16. The fraction of sp³-hybridized carbons (Fsp3) is 0.357. The van der Waals surface area contributed by atoms with Crippen LogP contribution in [0.2, 0.25) is 0 Å². The Morgan fingerprint density at radius 1 is 1.50 bits per heavy atom. The largest absolute Gasteiger partial charge is 0.478 e. The summed E-state index contributed by atoms with van der Waals surface area (Å²) in [5.41, 5.74) is 1.30. The molecule has 6 heteroatoms. The minimum atomic E-state index is -1.000. The van der Waals surface area contributed by atoms with Gasteiger partial charge in [0.15, 0.2) is 0 Å². The number of hydrogen-bond acceptors (Lipinski definition) is 3. The van der Waals surface area contributed by atoms with Crippen molar-refractivity contribution in [1.29, 1.82) is 5.26 Å². The highest BCUT2D eigenvalue weighted by atomic mass is 16.4. The monoisotopic (exact) mass is 275 g/mol. The summed E-state index contributed by atoms with van der Waals surface area (Å²) in [4.78, 5) is 24.3. The Kier molecular flexibility index (Phi) is 5.09. The number of carboxylic acids is 1. The van der Waals surface area contributed by atoms with Crippen molar-refractivity contribution in [3.63, 3.8) is 0 Å². The Hall–Kier alpha value is -2.55. The van der Waals surface area contributed by atoms with Crippen molar-refractivity contribution in [3.05, 3.63) is 29.3 Å². The number of anilines is 1. The second kappa shape index (κ2) is 6.57. The van der Waals surface area contributed by atoms with Gasteiger partial charge in [0.05, 0.1) is 18.1 Å². The molecule has 0 bridgehead atoms. The van der Waals surface area contributed by atoms with Gasteiger partial charge in [-0.25, -0.2) is 9.59 Å². The van der Waals surface area contributed by atoms with E-state index in [1.54, 1.807) is 27.0 Å². The number of amides is 2. The topological polar surface area (TPSA) is 93.4 Å². The van der Waals surface area contributed by atoms with Gasteiger partial charge in [0.2, 0.25) is 0 Å². The van der Waals surface area contributed by atoms with Gasteiger partial charge >= 0.3 is 12.0 Å². The Balaban J connectivity index is 2.79. The molecule has 106 valence electrons. The highest BCUT2D eigenvalue weighted by Crippen LogP contribution is 2.16. The molecule has 1 aromatic rings. The first-order chi connectivity index (χ1) is 9.36. The molecule has 1 unspecified atom stereocenters. The van der Waals surface area contributed by atoms with E-state index in [1.165, 1.54) is 17.0 Å². The van der Waals surface area contributed by atoms with E-state index in [-0.39, 0.29) is 24.1 Å². The van der Waals surface area contributed by atoms with Crippen molar-refractivity contribution < 1.29 is 14.7 Å². The van der Waals surface area contributed by atoms with Crippen molar-refractivity contribution in [1.82, 2.24) is 4.90 Å². The molecule has 0 spiro atoms. The van der Waals surface area contributed by atoms with E-state index in [0.717, 1.165) is 0 Å². The van der Waals surface area contributed by atoms with Crippen LogP contribution in [0.1, 0.15) is 29.3 Å². The molecule has 0 radical (unpaired) electrons. The third-order valence-corrected chi connectivity index (χ3v) is 3.08. The molecule has 0 aromatic heterocycles. The predicted octanol–water partition coefficient (Wildman–Crippen LogP) is 2.46. The molecule has 2 N–H and O–H groups in total. The van der Waals surface area contributed by atoms with E-state index in [4.69, 9.17) is 10.4 Å².